The van der Waals surface area contributed by atoms with E-state index < -0.39 is 23.9 Å². The molecule has 28 heavy (non-hydrogen) atoms. The fourth-order valence-corrected chi connectivity index (χ4v) is 3.41. The van der Waals surface area contributed by atoms with Gasteiger partial charge in [-0.15, -0.1) is 0 Å². The quantitative estimate of drug-likeness (QED) is 0.732. The van der Waals surface area contributed by atoms with Gasteiger partial charge in [0.25, 0.3) is 0 Å². The summed E-state index contributed by atoms with van der Waals surface area (Å²) in [5.74, 6) is -1.20. The second-order valence-corrected chi connectivity index (χ2v) is 6.59. The summed E-state index contributed by atoms with van der Waals surface area (Å²) in [6.07, 6.45) is -1.36. The first-order chi connectivity index (χ1) is 13.4. The number of carbonyl (C=O) groups excluding carboxylic acids is 1. The van der Waals surface area contributed by atoms with Crippen LogP contribution in [0.5, 0.6) is 0 Å². The molecule has 4 N–H and O–H groups in total. The van der Waals surface area contributed by atoms with Crippen molar-refractivity contribution in [1.29, 1.82) is 0 Å². The number of carbonyl (C=O) groups is 2. The van der Waals surface area contributed by atoms with Crippen molar-refractivity contribution in [2.45, 2.75) is 25.1 Å². The van der Waals surface area contributed by atoms with E-state index in [9.17, 15) is 19.1 Å². The van der Waals surface area contributed by atoms with Crippen molar-refractivity contribution in [3.8, 4) is 11.1 Å². The number of methoxy groups -OCH3 is 1. The third kappa shape index (κ3) is 3.97. The van der Waals surface area contributed by atoms with E-state index in [0.29, 0.717) is 12.1 Å². The Morgan fingerprint density at radius 3 is 2.71 bits per heavy atom. The van der Waals surface area contributed by atoms with Crippen LogP contribution >= 0.6 is 0 Å². The van der Waals surface area contributed by atoms with Crippen LogP contribution < -0.4 is 11.1 Å². The number of halogens is 1. The number of hydrogen-bond acceptors (Lipinski definition) is 4. The summed E-state index contributed by atoms with van der Waals surface area (Å²) in [5, 5.41) is 11.8. The van der Waals surface area contributed by atoms with Crippen molar-refractivity contribution in [3.63, 3.8) is 0 Å². The topological polar surface area (TPSA) is 105 Å². The van der Waals surface area contributed by atoms with E-state index in [1.54, 1.807) is 6.07 Å². The molecule has 2 aromatic rings. The van der Waals surface area contributed by atoms with Gasteiger partial charge >= 0.3 is 6.09 Å². The maximum Gasteiger partial charge on any atom is 0.408 e. The minimum absolute atomic E-state index is 0.00909. The van der Waals surface area contributed by atoms with E-state index in [1.807, 2.05) is 24.3 Å². The van der Waals surface area contributed by atoms with Crippen molar-refractivity contribution in [2.24, 2.45) is 5.73 Å². The lowest BCUT2D eigenvalue weighted by Crippen LogP contribution is -2.42. The molecule has 7 nitrogen and oxygen atoms in total. The summed E-state index contributed by atoms with van der Waals surface area (Å²) in [7, 11) is 1.46. The molecule has 3 rings (SSSR count). The molecule has 0 radical (unpaired) electrons. The molecule has 1 fully saturated rings. The summed E-state index contributed by atoms with van der Waals surface area (Å²) < 4.78 is 19.8. The Bertz CT molecular complexity index is 890. The van der Waals surface area contributed by atoms with Crippen LogP contribution in [0.1, 0.15) is 12.0 Å². The van der Waals surface area contributed by atoms with Gasteiger partial charge in [0.05, 0.1) is 18.3 Å². The van der Waals surface area contributed by atoms with E-state index in [4.69, 9.17) is 10.5 Å². The molecule has 2 amide bonds. The van der Waals surface area contributed by atoms with Crippen molar-refractivity contribution < 1.29 is 23.8 Å². The number of likely N-dealkylation sites (tertiary alicyclic amines) is 1. The predicted molar refractivity (Wildman–Crippen MR) is 102 cm³/mol. The molecule has 1 aliphatic heterocycles. The van der Waals surface area contributed by atoms with Gasteiger partial charge in [-0.05, 0) is 28.8 Å². The highest BCUT2D eigenvalue weighted by Crippen LogP contribution is 2.28. The molecule has 2 aromatic carbocycles. The van der Waals surface area contributed by atoms with Crippen molar-refractivity contribution in [3.05, 3.63) is 53.8 Å². The van der Waals surface area contributed by atoms with Crippen molar-refractivity contribution in [2.75, 3.05) is 19.0 Å². The molecular weight excluding hydrogens is 365 g/mol. The Morgan fingerprint density at radius 1 is 1.32 bits per heavy atom. The van der Waals surface area contributed by atoms with Gasteiger partial charge in [-0.1, -0.05) is 30.3 Å². The van der Waals surface area contributed by atoms with Crippen LogP contribution in [-0.2, 0) is 16.1 Å². The van der Waals surface area contributed by atoms with Crippen LogP contribution in [0.3, 0.4) is 0 Å². The number of rotatable bonds is 5. The van der Waals surface area contributed by atoms with Crippen molar-refractivity contribution in [1.82, 2.24) is 4.90 Å². The third-order valence-corrected chi connectivity index (χ3v) is 4.92. The van der Waals surface area contributed by atoms with E-state index in [0.717, 1.165) is 16.0 Å². The maximum absolute atomic E-state index is 14.6. The predicted octanol–water partition coefficient (Wildman–Crippen LogP) is 2.66. The maximum atomic E-state index is 14.6. The average molecular weight is 387 g/mol. The summed E-state index contributed by atoms with van der Waals surface area (Å²) in [6.45, 7) is 0.421. The van der Waals surface area contributed by atoms with Gasteiger partial charge in [0.2, 0.25) is 5.91 Å². The van der Waals surface area contributed by atoms with E-state index in [-0.39, 0.29) is 24.8 Å². The molecule has 0 aromatic heterocycles. The van der Waals surface area contributed by atoms with Crippen LogP contribution in [0.25, 0.3) is 11.1 Å². The first-order valence-corrected chi connectivity index (χ1v) is 8.85. The van der Waals surface area contributed by atoms with Crippen LogP contribution in [0, 0.1) is 5.82 Å². The number of amides is 2. The Balaban J connectivity index is 1.79. The van der Waals surface area contributed by atoms with Gasteiger partial charge < -0.3 is 20.9 Å². The lowest BCUT2D eigenvalue weighted by atomic mass is 9.99. The number of nitrogens with one attached hydrogen (secondary N) is 1. The summed E-state index contributed by atoms with van der Waals surface area (Å²) in [6, 6.07) is 11.0. The van der Waals surface area contributed by atoms with Crippen LogP contribution in [0.2, 0.25) is 0 Å². The molecule has 1 saturated heterocycles. The Labute approximate surface area is 161 Å². The molecule has 0 bridgehead atoms. The molecular formula is C20H22FN3O4. The largest absolute Gasteiger partial charge is 0.465 e. The Kier molecular flexibility index (Phi) is 5.91. The molecule has 0 aliphatic carbocycles. The second kappa shape index (κ2) is 8.37. The Morgan fingerprint density at radius 2 is 2.07 bits per heavy atom. The zero-order valence-corrected chi connectivity index (χ0v) is 15.4. The minimum Gasteiger partial charge on any atom is -0.465 e. The highest BCUT2D eigenvalue weighted by Gasteiger charge is 2.40. The smallest absolute Gasteiger partial charge is 0.408 e. The molecule has 2 atom stereocenters. The van der Waals surface area contributed by atoms with Gasteiger partial charge in [0.15, 0.2) is 0 Å². The zero-order valence-electron chi connectivity index (χ0n) is 15.4. The first-order valence-electron chi connectivity index (χ1n) is 8.85. The molecule has 1 aliphatic rings. The molecule has 8 heteroatoms. The van der Waals surface area contributed by atoms with Crippen LogP contribution in [0.4, 0.5) is 14.9 Å². The third-order valence-electron chi connectivity index (χ3n) is 4.92. The number of benzene rings is 2. The van der Waals surface area contributed by atoms with Crippen LogP contribution in [-0.4, -0.2) is 47.8 Å². The van der Waals surface area contributed by atoms with Gasteiger partial charge in [0, 0.05) is 20.1 Å². The van der Waals surface area contributed by atoms with Gasteiger partial charge in [-0.3, -0.25) is 9.69 Å². The highest BCUT2D eigenvalue weighted by molar-refractivity contribution is 5.97. The molecule has 1 heterocycles. The van der Waals surface area contributed by atoms with E-state index in [1.165, 1.54) is 19.2 Å². The van der Waals surface area contributed by atoms with Crippen molar-refractivity contribution >= 4 is 17.7 Å². The van der Waals surface area contributed by atoms with E-state index in [2.05, 4.69) is 5.32 Å². The second-order valence-electron chi connectivity index (χ2n) is 6.59. The monoisotopic (exact) mass is 387 g/mol. The molecule has 148 valence electrons. The number of nitrogens with two attached hydrogens (primary N) is 1. The fourth-order valence-electron chi connectivity index (χ4n) is 3.41. The molecule has 0 saturated carbocycles. The molecule has 0 spiro atoms. The number of anilines is 1. The first kappa shape index (κ1) is 19.8. The summed E-state index contributed by atoms with van der Waals surface area (Å²) in [4.78, 5) is 24.9. The van der Waals surface area contributed by atoms with Gasteiger partial charge in [0.1, 0.15) is 11.9 Å². The number of nitrogens with zero attached hydrogens (tertiary/aromatic N) is 1. The summed E-state index contributed by atoms with van der Waals surface area (Å²) >= 11 is 0. The minimum atomic E-state index is -1.21. The van der Waals surface area contributed by atoms with E-state index >= 15 is 0 Å². The number of carboxylic acid groups (broad SMARTS) is 1. The average Bonchev–Trinajstić information content (AvgIpc) is 3.14. The van der Waals surface area contributed by atoms with Crippen LogP contribution in [0.15, 0.2) is 42.5 Å². The number of hydrogen-bond donors (Lipinski definition) is 3. The lowest BCUT2D eigenvalue weighted by Gasteiger charge is -2.20. The zero-order chi connectivity index (χ0) is 20.3. The Hall–Kier alpha value is -2.97. The van der Waals surface area contributed by atoms with Gasteiger partial charge in [-0.2, -0.15) is 0 Å². The standard InChI is InChI=1S/C20H22FN3O4/c1-28-14-9-18(24(11-14)20(26)27)19(25)23-17-7-6-12(8-16(17)21)15-5-3-2-4-13(15)10-22/h2-8,14,18H,9-11,22H2,1H3,(H,23,25)(H,26,27)/t14-,18-/m1/s1. The molecule has 0 unspecified atom stereocenters. The normalized spacial score (nSPS) is 18.9. The lowest BCUT2D eigenvalue weighted by molar-refractivity contribution is -0.120. The summed E-state index contributed by atoms with van der Waals surface area (Å²) in [5.41, 5.74) is 8.07. The number of ether oxygens (including phenoxy) is 1. The fraction of sp³-hybridized carbons (Fsp3) is 0.300. The highest BCUT2D eigenvalue weighted by atomic mass is 19.1. The van der Waals surface area contributed by atoms with Gasteiger partial charge in [-0.25, -0.2) is 9.18 Å². The SMILES string of the molecule is CO[C@@H]1C[C@H](C(=O)Nc2ccc(-c3ccccc3CN)cc2F)N(C(=O)O)C1.